The number of hydrogen-bond donors (Lipinski definition) is 1. The third kappa shape index (κ3) is 4.49. The minimum Gasteiger partial charge on any atom is -0.325 e. The van der Waals surface area contributed by atoms with E-state index in [0.29, 0.717) is 26.4 Å². The molecule has 4 rings (SSSR count). The first-order valence-corrected chi connectivity index (χ1v) is 11.1. The zero-order chi connectivity index (χ0) is 20.4. The van der Waals surface area contributed by atoms with Crippen molar-refractivity contribution in [2.24, 2.45) is 0 Å². The van der Waals surface area contributed by atoms with Gasteiger partial charge in [-0.25, -0.2) is 9.37 Å². The van der Waals surface area contributed by atoms with Gasteiger partial charge in [0, 0.05) is 22.9 Å². The summed E-state index contributed by atoms with van der Waals surface area (Å²) < 4.78 is 14.5. The first kappa shape index (κ1) is 20.0. The number of nitrogens with zero attached hydrogens (tertiary/aromatic N) is 2. The topological polar surface area (TPSA) is 64.0 Å². The summed E-state index contributed by atoms with van der Waals surface area (Å²) in [6, 6.07) is 12.5. The van der Waals surface area contributed by atoms with Crippen molar-refractivity contribution < 1.29 is 9.18 Å². The molecule has 0 atom stereocenters. The number of nitrogens with one attached hydrogen (secondary N) is 1. The van der Waals surface area contributed by atoms with E-state index in [1.165, 1.54) is 52.4 Å². The molecule has 1 aliphatic heterocycles. The first-order valence-electron chi connectivity index (χ1n) is 8.74. The Morgan fingerprint density at radius 3 is 2.66 bits per heavy atom. The van der Waals surface area contributed by atoms with Crippen LogP contribution in [0, 0.1) is 5.82 Å². The lowest BCUT2D eigenvalue weighted by molar-refractivity contribution is -0.113. The van der Waals surface area contributed by atoms with E-state index in [1.807, 2.05) is 0 Å². The van der Waals surface area contributed by atoms with Crippen molar-refractivity contribution in [2.45, 2.75) is 16.5 Å². The van der Waals surface area contributed by atoms with Crippen molar-refractivity contribution >= 4 is 46.7 Å². The second kappa shape index (κ2) is 8.61. The highest BCUT2D eigenvalue weighted by Crippen LogP contribution is 2.30. The summed E-state index contributed by atoms with van der Waals surface area (Å²) in [5.41, 5.74) is 1.78. The van der Waals surface area contributed by atoms with Crippen LogP contribution in [0.1, 0.15) is 5.69 Å². The van der Waals surface area contributed by atoms with Gasteiger partial charge >= 0.3 is 0 Å². The van der Waals surface area contributed by atoms with Crippen molar-refractivity contribution in [2.75, 3.05) is 16.8 Å². The molecule has 0 saturated heterocycles. The molecular weight excluding hydrogens is 433 g/mol. The summed E-state index contributed by atoms with van der Waals surface area (Å²) in [4.78, 5) is 30.7. The number of aromatic nitrogens is 2. The standard InChI is InChI=1S/C20H15ClFN3O2S2/c21-12-1-7-15(8-2-12)25-19(27)18-16(9-10-28-18)24-20(25)29-11-17(26)23-14-5-3-13(22)4-6-14/h1-8H,9-11H2,(H,23,26). The Bertz CT molecular complexity index is 1120. The van der Waals surface area contributed by atoms with Crippen LogP contribution in [0.25, 0.3) is 5.69 Å². The van der Waals surface area contributed by atoms with Gasteiger partial charge in [-0.3, -0.25) is 14.2 Å². The predicted octanol–water partition coefficient (Wildman–Crippen LogP) is 4.40. The molecule has 1 N–H and O–H groups in total. The average Bonchev–Trinajstić information content (AvgIpc) is 3.18. The smallest absolute Gasteiger partial charge is 0.272 e. The lowest BCUT2D eigenvalue weighted by Gasteiger charge is -2.14. The Balaban J connectivity index is 1.60. The number of benzene rings is 2. The van der Waals surface area contributed by atoms with Crippen molar-refractivity contribution in [3.05, 3.63) is 75.4 Å². The van der Waals surface area contributed by atoms with Crippen molar-refractivity contribution in [3.63, 3.8) is 0 Å². The van der Waals surface area contributed by atoms with Gasteiger partial charge in [0.05, 0.1) is 22.0 Å². The minimum atomic E-state index is -0.371. The van der Waals surface area contributed by atoms with Gasteiger partial charge in [0.1, 0.15) is 5.82 Å². The minimum absolute atomic E-state index is 0.0589. The van der Waals surface area contributed by atoms with Crippen LogP contribution < -0.4 is 10.9 Å². The molecule has 2 aromatic carbocycles. The summed E-state index contributed by atoms with van der Waals surface area (Å²) in [5.74, 6) is 0.235. The number of carbonyl (C=O) groups is 1. The molecule has 3 aromatic rings. The zero-order valence-corrected chi connectivity index (χ0v) is 17.4. The van der Waals surface area contributed by atoms with Crippen LogP contribution in [0.5, 0.6) is 0 Å². The molecule has 0 aliphatic carbocycles. The summed E-state index contributed by atoms with van der Waals surface area (Å²) >= 11 is 8.65. The van der Waals surface area contributed by atoms with E-state index in [4.69, 9.17) is 11.6 Å². The fourth-order valence-corrected chi connectivity index (χ4v) is 4.85. The molecule has 0 unspecified atom stereocenters. The van der Waals surface area contributed by atoms with Gasteiger partial charge in [-0.1, -0.05) is 23.4 Å². The number of thioether (sulfide) groups is 2. The quantitative estimate of drug-likeness (QED) is 0.464. The SMILES string of the molecule is O=C(CSc1nc2c(c(=O)n1-c1ccc(Cl)cc1)SCC2)Nc1ccc(F)cc1. The van der Waals surface area contributed by atoms with E-state index in [-0.39, 0.29) is 23.0 Å². The Kier molecular flexibility index (Phi) is 5.94. The molecule has 29 heavy (non-hydrogen) atoms. The van der Waals surface area contributed by atoms with Crippen LogP contribution in [-0.2, 0) is 11.2 Å². The van der Waals surface area contributed by atoms with Crippen LogP contribution in [-0.4, -0.2) is 27.0 Å². The molecule has 0 radical (unpaired) electrons. The molecule has 148 valence electrons. The fourth-order valence-electron chi connectivity index (χ4n) is 2.87. The Morgan fingerprint density at radius 1 is 1.21 bits per heavy atom. The fraction of sp³-hybridized carbons (Fsp3) is 0.150. The molecule has 1 amide bonds. The van der Waals surface area contributed by atoms with Gasteiger partial charge in [-0.05, 0) is 48.5 Å². The molecule has 0 fully saturated rings. The monoisotopic (exact) mass is 447 g/mol. The van der Waals surface area contributed by atoms with Gasteiger partial charge in [0.2, 0.25) is 5.91 Å². The van der Waals surface area contributed by atoms with Crippen LogP contribution in [0.2, 0.25) is 5.02 Å². The van der Waals surface area contributed by atoms with Gasteiger partial charge in [0.15, 0.2) is 5.16 Å². The zero-order valence-electron chi connectivity index (χ0n) is 15.0. The third-order valence-corrected chi connectivity index (χ3v) is 6.51. The first-order chi connectivity index (χ1) is 14.0. The third-order valence-electron chi connectivity index (χ3n) is 4.21. The summed E-state index contributed by atoms with van der Waals surface area (Å²) in [6.45, 7) is 0. The molecular formula is C20H15ClFN3O2S2. The maximum atomic E-state index is 13.1. The van der Waals surface area contributed by atoms with Gasteiger partial charge in [0.25, 0.3) is 5.56 Å². The maximum Gasteiger partial charge on any atom is 0.272 e. The second-order valence-corrected chi connectivity index (χ2v) is 8.71. The summed E-state index contributed by atoms with van der Waals surface area (Å²) in [7, 11) is 0. The Labute approximate surface area is 179 Å². The van der Waals surface area contributed by atoms with E-state index >= 15 is 0 Å². The van der Waals surface area contributed by atoms with E-state index < -0.39 is 0 Å². The number of aryl methyl sites for hydroxylation is 1. The Hall–Kier alpha value is -2.29. The highest BCUT2D eigenvalue weighted by Gasteiger charge is 2.23. The van der Waals surface area contributed by atoms with Gasteiger partial charge < -0.3 is 5.32 Å². The van der Waals surface area contributed by atoms with Gasteiger partial charge in [-0.2, -0.15) is 0 Å². The lowest BCUT2D eigenvalue weighted by Crippen LogP contribution is -2.24. The number of anilines is 1. The normalized spacial score (nSPS) is 12.6. The van der Waals surface area contributed by atoms with Gasteiger partial charge in [-0.15, -0.1) is 11.8 Å². The van der Waals surface area contributed by atoms with Crippen molar-refractivity contribution in [1.29, 1.82) is 0 Å². The molecule has 1 aliphatic rings. The number of amides is 1. The molecule has 0 bridgehead atoms. The molecule has 9 heteroatoms. The molecule has 0 saturated carbocycles. The summed E-state index contributed by atoms with van der Waals surface area (Å²) in [5, 5.41) is 3.73. The van der Waals surface area contributed by atoms with E-state index in [1.54, 1.807) is 24.3 Å². The molecule has 5 nitrogen and oxygen atoms in total. The largest absolute Gasteiger partial charge is 0.325 e. The van der Waals surface area contributed by atoms with Crippen LogP contribution >= 0.6 is 35.1 Å². The maximum absolute atomic E-state index is 13.1. The number of carbonyl (C=O) groups excluding carboxylic acids is 1. The van der Waals surface area contributed by atoms with Crippen LogP contribution in [0.4, 0.5) is 10.1 Å². The second-order valence-electron chi connectivity index (χ2n) is 6.23. The number of rotatable bonds is 5. The highest BCUT2D eigenvalue weighted by molar-refractivity contribution is 8.00. The predicted molar refractivity (Wildman–Crippen MR) is 115 cm³/mol. The number of halogens is 2. The van der Waals surface area contributed by atoms with E-state index in [2.05, 4.69) is 10.3 Å². The summed E-state index contributed by atoms with van der Waals surface area (Å²) in [6.07, 6.45) is 0.728. The van der Waals surface area contributed by atoms with E-state index in [9.17, 15) is 14.0 Å². The number of hydrogen-bond acceptors (Lipinski definition) is 5. The molecule has 1 aromatic heterocycles. The number of fused-ring (bicyclic) bond motifs is 1. The molecule has 0 spiro atoms. The van der Waals surface area contributed by atoms with Crippen LogP contribution in [0.3, 0.4) is 0 Å². The van der Waals surface area contributed by atoms with E-state index in [0.717, 1.165) is 17.9 Å². The Morgan fingerprint density at radius 2 is 1.93 bits per heavy atom. The van der Waals surface area contributed by atoms with Crippen molar-refractivity contribution in [3.8, 4) is 5.69 Å². The highest BCUT2D eigenvalue weighted by atomic mass is 35.5. The van der Waals surface area contributed by atoms with Crippen molar-refractivity contribution in [1.82, 2.24) is 9.55 Å². The lowest BCUT2D eigenvalue weighted by atomic mass is 10.3. The van der Waals surface area contributed by atoms with Crippen LogP contribution in [0.15, 0.2) is 63.4 Å². The average molecular weight is 448 g/mol. The molecule has 2 heterocycles.